The molecule has 2 heterocycles. The van der Waals surface area contributed by atoms with Crippen molar-refractivity contribution in [3.63, 3.8) is 0 Å². The number of piperidine rings is 1. The first kappa shape index (κ1) is 18.8. The Bertz CT molecular complexity index is 752. The van der Waals surface area contributed by atoms with Crippen molar-refractivity contribution in [3.05, 3.63) is 30.3 Å². The van der Waals surface area contributed by atoms with Crippen molar-refractivity contribution in [1.29, 1.82) is 0 Å². The number of benzene rings is 1. The molecule has 0 spiro atoms. The Balaban J connectivity index is 1.58. The molecule has 2 aromatic rings. The molecular formula is C19H24N4O4. The Hall–Kier alpha value is -3.03. The maximum atomic E-state index is 12.6. The number of carbonyl (C=O) groups excluding carboxylic acids is 1. The van der Waals surface area contributed by atoms with Crippen LogP contribution in [0.1, 0.15) is 12.8 Å². The van der Waals surface area contributed by atoms with Crippen LogP contribution in [0.15, 0.2) is 30.3 Å². The van der Waals surface area contributed by atoms with E-state index in [1.54, 1.807) is 45.6 Å². The quantitative estimate of drug-likeness (QED) is 0.833. The number of ether oxygens (including phenoxy) is 3. The molecule has 0 radical (unpaired) electrons. The Morgan fingerprint density at radius 3 is 2.19 bits per heavy atom. The van der Waals surface area contributed by atoms with E-state index in [0.717, 1.165) is 31.7 Å². The predicted octanol–water partition coefficient (Wildman–Crippen LogP) is 2.36. The summed E-state index contributed by atoms with van der Waals surface area (Å²) >= 11 is 0. The van der Waals surface area contributed by atoms with Crippen molar-refractivity contribution in [1.82, 2.24) is 10.2 Å². The lowest BCUT2D eigenvalue weighted by Crippen LogP contribution is -2.38. The molecule has 1 amide bonds. The molecule has 27 heavy (non-hydrogen) atoms. The van der Waals surface area contributed by atoms with Gasteiger partial charge in [0.05, 0.1) is 21.3 Å². The average molecular weight is 372 g/mol. The monoisotopic (exact) mass is 372 g/mol. The fourth-order valence-electron chi connectivity index (χ4n) is 3.09. The minimum Gasteiger partial charge on any atom is -0.497 e. The maximum absolute atomic E-state index is 12.6. The fourth-order valence-corrected chi connectivity index (χ4v) is 3.09. The molecule has 1 aromatic carbocycles. The van der Waals surface area contributed by atoms with E-state index in [2.05, 4.69) is 20.4 Å². The van der Waals surface area contributed by atoms with Gasteiger partial charge in [0.15, 0.2) is 5.82 Å². The standard InChI is InChI=1S/C19H24N4O4/c1-25-15-10-14(11-16(12-15)26-2)20-19(24)13-6-8-23(9-7-13)17-4-5-18(27-3)22-21-17/h4-5,10-13H,6-9H2,1-3H3,(H,20,24). The van der Waals surface area contributed by atoms with Crippen LogP contribution in [0, 0.1) is 5.92 Å². The van der Waals surface area contributed by atoms with Crippen molar-refractivity contribution in [2.24, 2.45) is 5.92 Å². The van der Waals surface area contributed by atoms with E-state index >= 15 is 0 Å². The third-order valence-electron chi connectivity index (χ3n) is 4.64. The summed E-state index contributed by atoms with van der Waals surface area (Å²) in [6.45, 7) is 1.50. The largest absolute Gasteiger partial charge is 0.497 e. The van der Waals surface area contributed by atoms with E-state index in [9.17, 15) is 4.79 Å². The van der Waals surface area contributed by atoms with Crippen molar-refractivity contribution in [2.45, 2.75) is 12.8 Å². The second kappa shape index (κ2) is 8.57. The topological polar surface area (TPSA) is 85.8 Å². The lowest BCUT2D eigenvalue weighted by molar-refractivity contribution is -0.120. The smallest absolute Gasteiger partial charge is 0.233 e. The molecule has 1 aromatic heterocycles. The molecule has 0 unspecified atom stereocenters. The summed E-state index contributed by atoms with van der Waals surface area (Å²) in [5.41, 5.74) is 0.666. The molecule has 144 valence electrons. The molecule has 0 aliphatic carbocycles. The minimum absolute atomic E-state index is 0.00534. The van der Waals surface area contributed by atoms with E-state index in [-0.39, 0.29) is 11.8 Å². The lowest BCUT2D eigenvalue weighted by atomic mass is 9.96. The van der Waals surface area contributed by atoms with Crippen LogP contribution in [0.5, 0.6) is 17.4 Å². The number of methoxy groups -OCH3 is 3. The van der Waals surface area contributed by atoms with Gasteiger partial charge in [-0.25, -0.2) is 0 Å². The highest BCUT2D eigenvalue weighted by Crippen LogP contribution is 2.28. The van der Waals surface area contributed by atoms with Crippen LogP contribution >= 0.6 is 0 Å². The highest BCUT2D eigenvalue weighted by atomic mass is 16.5. The van der Waals surface area contributed by atoms with Crippen LogP contribution in [-0.2, 0) is 4.79 Å². The van der Waals surface area contributed by atoms with Gasteiger partial charge < -0.3 is 24.4 Å². The number of nitrogens with one attached hydrogen (secondary N) is 1. The summed E-state index contributed by atoms with van der Waals surface area (Å²) in [4.78, 5) is 14.8. The van der Waals surface area contributed by atoms with Gasteiger partial charge in [0.2, 0.25) is 11.8 Å². The molecule has 1 fully saturated rings. The number of nitrogens with zero attached hydrogens (tertiary/aromatic N) is 3. The van der Waals surface area contributed by atoms with Gasteiger partial charge in [0.25, 0.3) is 0 Å². The van der Waals surface area contributed by atoms with Gasteiger partial charge in [-0.1, -0.05) is 0 Å². The number of hydrogen-bond donors (Lipinski definition) is 1. The Morgan fingerprint density at radius 2 is 1.67 bits per heavy atom. The first-order valence-corrected chi connectivity index (χ1v) is 8.79. The molecule has 1 aliphatic heterocycles. The molecular weight excluding hydrogens is 348 g/mol. The third kappa shape index (κ3) is 4.58. The maximum Gasteiger partial charge on any atom is 0.233 e. The van der Waals surface area contributed by atoms with Gasteiger partial charge in [-0.15, -0.1) is 10.2 Å². The number of rotatable bonds is 6. The molecule has 1 N–H and O–H groups in total. The van der Waals surface area contributed by atoms with Crippen molar-refractivity contribution in [3.8, 4) is 17.4 Å². The molecule has 1 saturated heterocycles. The van der Waals surface area contributed by atoms with E-state index in [4.69, 9.17) is 14.2 Å². The number of carbonyl (C=O) groups is 1. The fraction of sp³-hybridized carbons (Fsp3) is 0.421. The molecule has 3 rings (SSSR count). The zero-order valence-electron chi connectivity index (χ0n) is 15.8. The predicted molar refractivity (Wildman–Crippen MR) is 102 cm³/mol. The van der Waals surface area contributed by atoms with E-state index < -0.39 is 0 Å². The Morgan fingerprint density at radius 1 is 1.00 bits per heavy atom. The van der Waals surface area contributed by atoms with Gasteiger partial charge >= 0.3 is 0 Å². The second-order valence-electron chi connectivity index (χ2n) is 6.29. The molecule has 8 nitrogen and oxygen atoms in total. The zero-order chi connectivity index (χ0) is 19.2. The number of hydrogen-bond acceptors (Lipinski definition) is 7. The first-order chi connectivity index (χ1) is 13.1. The zero-order valence-corrected chi connectivity index (χ0v) is 15.8. The van der Waals surface area contributed by atoms with Crippen LogP contribution in [0.3, 0.4) is 0 Å². The highest BCUT2D eigenvalue weighted by molar-refractivity contribution is 5.93. The Kier molecular flexibility index (Phi) is 5.95. The molecule has 8 heteroatoms. The summed E-state index contributed by atoms with van der Waals surface area (Å²) in [6, 6.07) is 9.00. The van der Waals surface area contributed by atoms with Crippen LogP contribution in [-0.4, -0.2) is 50.5 Å². The van der Waals surface area contributed by atoms with Crippen LogP contribution < -0.4 is 24.4 Å². The summed E-state index contributed by atoms with van der Waals surface area (Å²) in [6.07, 6.45) is 1.50. The van der Waals surface area contributed by atoms with Gasteiger partial charge in [0.1, 0.15) is 11.5 Å². The van der Waals surface area contributed by atoms with Crippen LogP contribution in [0.2, 0.25) is 0 Å². The molecule has 0 atom stereocenters. The molecule has 0 saturated carbocycles. The van der Waals surface area contributed by atoms with Gasteiger partial charge in [0, 0.05) is 49.0 Å². The van der Waals surface area contributed by atoms with Crippen LogP contribution in [0.25, 0.3) is 0 Å². The normalized spacial score (nSPS) is 14.6. The molecule has 1 aliphatic rings. The van der Waals surface area contributed by atoms with Gasteiger partial charge in [-0.2, -0.15) is 0 Å². The van der Waals surface area contributed by atoms with Gasteiger partial charge in [-0.3, -0.25) is 4.79 Å². The Labute approximate surface area is 158 Å². The lowest BCUT2D eigenvalue weighted by Gasteiger charge is -2.31. The van der Waals surface area contributed by atoms with E-state index in [1.807, 2.05) is 6.07 Å². The highest BCUT2D eigenvalue weighted by Gasteiger charge is 2.26. The number of amides is 1. The molecule has 0 bridgehead atoms. The third-order valence-corrected chi connectivity index (χ3v) is 4.64. The van der Waals surface area contributed by atoms with Crippen molar-refractivity contribution < 1.29 is 19.0 Å². The summed E-state index contributed by atoms with van der Waals surface area (Å²) < 4.78 is 15.5. The van der Waals surface area contributed by atoms with Crippen LogP contribution in [0.4, 0.5) is 11.5 Å². The first-order valence-electron chi connectivity index (χ1n) is 8.79. The SMILES string of the molecule is COc1cc(NC(=O)C2CCN(c3ccc(OC)nn3)CC2)cc(OC)c1. The van der Waals surface area contributed by atoms with E-state index in [0.29, 0.717) is 23.1 Å². The summed E-state index contributed by atoms with van der Waals surface area (Å²) in [5.74, 6) is 2.51. The average Bonchev–Trinajstić information content (AvgIpc) is 2.73. The summed E-state index contributed by atoms with van der Waals surface area (Å²) in [7, 11) is 4.72. The summed E-state index contributed by atoms with van der Waals surface area (Å²) in [5, 5.41) is 11.1. The van der Waals surface area contributed by atoms with Gasteiger partial charge in [-0.05, 0) is 18.9 Å². The number of aromatic nitrogens is 2. The second-order valence-corrected chi connectivity index (χ2v) is 6.29. The van der Waals surface area contributed by atoms with Crippen molar-refractivity contribution in [2.75, 3.05) is 44.6 Å². The van der Waals surface area contributed by atoms with Crippen molar-refractivity contribution >= 4 is 17.4 Å². The number of anilines is 2. The van der Waals surface area contributed by atoms with E-state index in [1.165, 1.54) is 0 Å². The minimum atomic E-state index is -0.0512.